The highest BCUT2D eigenvalue weighted by Crippen LogP contribution is 2.29. The summed E-state index contributed by atoms with van der Waals surface area (Å²) in [5, 5.41) is 5.83. The number of benzene rings is 2. The van der Waals surface area contributed by atoms with Crippen LogP contribution in [0.5, 0.6) is 11.5 Å². The first-order valence-corrected chi connectivity index (χ1v) is 7.64. The fourth-order valence-corrected chi connectivity index (χ4v) is 2.24. The molecule has 0 aromatic heterocycles. The van der Waals surface area contributed by atoms with Crippen molar-refractivity contribution in [3.8, 4) is 11.5 Å². The third kappa shape index (κ3) is 4.63. The van der Waals surface area contributed by atoms with E-state index in [2.05, 4.69) is 10.6 Å². The average Bonchev–Trinajstić information content (AvgIpc) is 2.61. The molecule has 0 fully saturated rings. The summed E-state index contributed by atoms with van der Waals surface area (Å²) in [7, 11) is 3.07. The molecule has 0 radical (unpaired) electrons. The SMILES string of the molecule is COc1ccc(NC(=O)C(C)Nc2cccc(C(N)=O)c2)cc1OC. The van der Waals surface area contributed by atoms with Crippen LogP contribution in [0, 0.1) is 0 Å². The second kappa shape index (κ2) is 8.05. The Labute approximate surface area is 146 Å². The van der Waals surface area contributed by atoms with Gasteiger partial charge in [0.1, 0.15) is 6.04 Å². The number of nitrogens with one attached hydrogen (secondary N) is 2. The van der Waals surface area contributed by atoms with Crippen LogP contribution in [0.4, 0.5) is 11.4 Å². The smallest absolute Gasteiger partial charge is 0.248 e. The van der Waals surface area contributed by atoms with Gasteiger partial charge in [-0.3, -0.25) is 9.59 Å². The van der Waals surface area contributed by atoms with E-state index in [9.17, 15) is 9.59 Å². The Kier molecular flexibility index (Phi) is 5.84. The van der Waals surface area contributed by atoms with Gasteiger partial charge in [0, 0.05) is 23.0 Å². The Morgan fingerprint density at radius 1 is 1.00 bits per heavy atom. The van der Waals surface area contributed by atoms with E-state index in [-0.39, 0.29) is 5.91 Å². The molecule has 0 aliphatic carbocycles. The summed E-state index contributed by atoms with van der Waals surface area (Å²) in [4.78, 5) is 23.6. The van der Waals surface area contributed by atoms with Crippen molar-refractivity contribution >= 4 is 23.2 Å². The number of amides is 2. The molecule has 0 bridgehead atoms. The second-order valence-corrected chi connectivity index (χ2v) is 5.37. The predicted octanol–water partition coefficient (Wildman–Crippen LogP) is 2.24. The van der Waals surface area contributed by atoms with E-state index in [0.29, 0.717) is 28.4 Å². The van der Waals surface area contributed by atoms with Crippen molar-refractivity contribution in [2.75, 3.05) is 24.9 Å². The van der Waals surface area contributed by atoms with Gasteiger partial charge in [-0.05, 0) is 37.3 Å². The van der Waals surface area contributed by atoms with Gasteiger partial charge in [0.15, 0.2) is 11.5 Å². The number of methoxy groups -OCH3 is 2. The van der Waals surface area contributed by atoms with Crippen LogP contribution < -0.4 is 25.8 Å². The summed E-state index contributed by atoms with van der Waals surface area (Å²) < 4.78 is 10.4. The molecule has 1 unspecified atom stereocenters. The van der Waals surface area contributed by atoms with Crippen molar-refractivity contribution in [2.24, 2.45) is 5.73 Å². The number of hydrogen-bond donors (Lipinski definition) is 3. The minimum Gasteiger partial charge on any atom is -0.493 e. The van der Waals surface area contributed by atoms with Crippen LogP contribution in [-0.2, 0) is 4.79 Å². The molecular weight excluding hydrogens is 322 g/mol. The molecule has 7 heteroatoms. The molecule has 0 heterocycles. The lowest BCUT2D eigenvalue weighted by atomic mass is 10.1. The predicted molar refractivity (Wildman–Crippen MR) is 96.2 cm³/mol. The number of primary amides is 1. The number of rotatable bonds is 7. The number of ether oxygens (including phenoxy) is 2. The molecule has 0 aliphatic rings. The van der Waals surface area contributed by atoms with E-state index in [4.69, 9.17) is 15.2 Å². The first kappa shape index (κ1) is 18.1. The molecule has 4 N–H and O–H groups in total. The van der Waals surface area contributed by atoms with Crippen LogP contribution in [0.15, 0.2) is 42.5 Å². The van der Waals surface area contributed by atoms with Crippen LogP contribution in [0.2, 0.25) is 0 Å². The van der Waals surface area contributed by atoms with Gasteiger partial charge in [0.05, 0.1) is 14.2 Å². The number of nitrogens with two attached hydrogens (primary N) is 1. The van der Waals surface area contributed by atoms with Gasteiger partial charge in [-0.1, -0.05) is 6.07 Å². The Hall–Kier alpha value is -3.22. The van der Waals surface area contributed by atoms with Crippen molar-refractivity contribution in [1.29, 1.82) is 0 Å². The quantitative estimate of drug-likeness (QED) is 0.715. The fourth-order valence-electron chi connectivity index (χ4n) is 2.24. The molecule has 0 aliphatic heterocycles. The molecule has 7 nitrogen and oxygen atoms in total. The minimum absolute atomic E-state index is 0.239. The van der Waals surface area contributed by atoms with Crippen molar-refractivity contribution in [3.63, 3.8) is 0 Å². The Morgan fingerprint density at radius 2 is 1.72 bits per heavy atom. The van der Waals surface area contributed by atoms with Gasteiger partial charge >= 0.3 is 0 Å². The zero-order chi connectivity index (χ0) is 18.4. The highest BCUT2D eigenvalue weighted by atomic mass is 16.5. The Morgan fingerprint density at radius 3 is 2.36 bits per heavy atom. The summed E-state index contributed by atoms with van der Waals surface area (Å²) >= 11 is 0. The zero-order valence-corrected chi connectivity index (χ0v) is 14.3. The summed E-state index contributed by atoms with van der Waals surface area (Å²) in [6, 6.07) is 11.2. The molecule has 2 amide bonds. The lowest BCUT2D eigenvalue weighted by molar-refractivity contribution is -0.116. The molecule has 2 aromatic rings. The van der Waals surface area contributed by atoms with Crippen molar-refractivity contribution < 1.29 is 19.1 Å². The fraction of sp³-hybridized carbons (Fsp3) is 0.222. The van der Waals surface area contributed by atoms with Crippen molar-refractivity contribution in [1.82, 2.24) is 0 Å². The maximum Gasteiger partial charge on any atom is 0.248 e. The standard InChI is InChI=1S/C18H21N3O4/c1-11(20-13-6-4-5-12(9-13)17(19)22)18(23)21-14-7-8-15(24-2)16(10-14)25-3/h4-11,20H,1-3H3,(H2,19,22)(H,21,23). The summed E-state index contributed by atoms with van der Waals surface area (Å²) in [6.07, 6.45) is 0. The first-order valence-electron chi connectivity index (χ1n) is 7.64. The monoisotopic (exact) mass is 343 g/mol. The normalized spacial score (nSPS) is 11.3. The number of carbonyl (C=O) groups is 2. The topological polar surface area (TPSA) is 103 Å². The van der Waals surface area contributed by atoms with Gasteiger partial charge in [-0.15, -0.1) is 0 Å². The lowest BCUT2D eigenvalue weighted by Gasteiger charge is -2.16. The van der Waals surface area contributed by atoms with Crippen LogP contribution in [0.3, 0.4) is 0 Å². The summed E-state index contributed by atoms with van der Waals surface area (Å²) in [6.45, 7) is 1.72. The van der Waals surface area contributed by atoms with Crippen LogP contribution in [0.25, 0.3) is 0 Å². The molecule has 132 valence electrons. The molecule has 2 rings (SSSR count). The van der Waals surface area contributed by atoms with Crippen molar-refractivity contribution in [3.05, 3.63) is 48.0 Å². The molecular formula is C18H21N3O4. The zero-order valence-electron chi connectivity index (χ0n) is 14.3. The van der Waals surface area contributed by atoms with Crippen LogP contribution in [0.1, 0.15) is 17.3 Å². The van der Waals surface area contributed by atoms with E-state index in [1.807, 2.05) is 0 Å². The largest absolute Gasteiger partial charge is 0.493 e. The number of hydrogen-bond acceptors (Lipinski definition) is 5. The summed E-state index contributed by atoms with van der Waals surface area (Å²) in [5.41, 5.74) is 6.85. The van der Waals surface area contributed by atoms with Crippen LogP contribution in [-0.4, -0.2) is 32.1 Å². The van der Waals surface area contributed by atoms with Gasteiger partial charge in [-0.25, -0.2) is 0 Å². The van der Waals surface area contributed by atoms with Gasteiger partial charge in [0.2, 0.25) is 11.8 Å². The molecule has 2 aromatic carbocycles. The van der Waals surface area contributed by atoms with Gasteiger partial charge in [0.25, 0.3) is 0 Å². The second-order valence-electron chi connectivity index (χ2n) is 5.37. The number of carbonyl (C=O) groups excluding carboxylic acids is 2. The Balaban J connectivity index is 2.05. The number of anilines is 2. The van der Waals surface area contributed by atoms with E-state index in [0.717, 1.165) is 0 Å². The summed E-state index contributed by atoms with van der Waals surface area (Å²) in [5.74, 6) is 0.341. The van der Waals surface area contributed by atoms with E-state index >= 15 is 0 Å². The molecule has 25 heavy (non-hydrogen) atoms. The van der Waals surface area contributed by atoms with E-state index in [1.54, 1.807) is 56.5 Å². The lowest BCUT2D eigenvalue weighted by Crippen LogP contribution is -2.32. The molecule has 0 saturated heterocycles. The molecule has 1 atom stereocenters. The molecule has 0 saturated carbocycles. The van der Waals surface area contributed by atoms with Gasteiger partial charge < -0.3 is 25.8 Å². The van der Waals surface area contributed by atoms with E-state index in [1.165, 1.54) is 7.11 Å². The minimum atomic E-state index is -0.531. The maximum absolute atomic E-state index is 12.4. The third-order valence-corrected chi connectivity index (χ3v) is 3.57. The average molecular weight is 343 g/mol. The Bertz CT molecular complexity index is 777. The first-order chi connectivity index (χ1) is 11.9. The van der Waals surface area contributed by atoms with E-state index < -0.39 is 11.9 Å². The van der Waals surface area contributed by atoms with Gasteiger partial charge in [-0.2, -0.15) is 0 Å². The highest BCUT2D eigenvalue weighted by molar-refractivity contribution is 5.97. The highest BCUT2D eigenvalue weighted by Gasteiger charge is 2.14. The van der Waals surface area contributed by atoms with Crippen molar-refractivity contribution in [2.45, 2.75) is 13.0 Å². The maximum atomic E-state index is 12.4. The molecule has 0 spiro atoms. The van der Waals surface area contributed by atoms with Crippen LogP contribution >= 0.6 is 0 Å². The third-order valence-electron chi connectivity index (χ3n) is 3.57.